The minimum absolute atomic E-state index is 1.06. The third-order valence-corrected chi connectivity index (χ3v) is 1.44. The van der Waals surface area contributed by atoms with E-state index in [4.69, 9.17) is 0 Å². The van der Waals surface area contributed by atoms with Crippen molar-refractivity contribution in [2.24, 2.45) is 0 Å². The monoisotopic (exact) mass is 152 g/mol. The van der Waals surface area contributed by atoms with Crippen LogP contribution in [0.25, 0.3) is 0 Å². The summed E-state index contributed by atoms with van der Waals surface area (Å²) in [4.78, 5) is 6.10. The van der Waals surface area contributed by atoms with Gasteiger partial charge in [0.05, 0.1) is 12.9 Å². The van der Waals surface area contributed by atoms with Crippen LogP contribution in [0.3, 0.4) is 0 Å². The fourth-order valence-corrected chi connectivity index (χ4v) is 0.842. The number of nitrogens with zero attached hydrogens (tertiary/aromatic N) is 3. The van der Waals surface area contributed by atoms with E-state index in [0.29, 0.717) is 0 Å². The van der Waals surface area contributed by atoms with Crippen molar-refractivity contribution in [3.05, 3.63) is 25.3 Å². The molecule has 0 amide bonds. The highest BCUT2D eigenvalue weighted by Crippen LogP contribution is 1.93. The molecule has 0 atom stereocenters. The molecule has 3 heteroatoms. The van der Waals surface area contributed by atoms with Gasteiger partial charge in [-0.2, -0.15) is 0 Å². The fraction of sp³-hybridized carbons (Fsp3) is 0.500. The predicted octanol–water partition coefficient (Wildman–Crippen LogP) is 0.845. The van der Waals surface area contributed by atoms with Gasteiger partial charge in [0.25, 0.3) is 0 Å². The highest BCUT2D eigenvalue weighted by atomic mass is 15.1. The molecule has 1 aromatic rings. The zero-order chi connectivity index (χ0) is 8.10. The molecule has 0 aliphatic carbocycles. The molecule has 0 saturated heterocycles. The van der Waals surface area contributed by atoms with Crippen LogP contribution in [0.1, 0.15) is 6.42 Å². The first-order valence-corrected chi connectivity index (χ1v) is 3.74. The summed E-state index contributed by atoms with van der Waals surface area (Å²) < 4.78 is 1.98. The van der Waals surface area contributed by atoms with Crippen LogP contribution in [-0.4, -0.2) is 35.1 Å². The molecule has 0 saturated carbocycles. The summed E-state index contributed by atoms with van der Waals surface area (Å²) in [6.07, 6.45) is 6.58. The van der Waals surface area contributed by atoms with Gasteiger partial charge in [-0.3, -0.25) is 0 Å². The third-order valence-electron chi connectivity index (χ3n) is 1.44. The van der Waals surface area contributed by atoms with Crippen LogP contribution in [0.15, 0.2) is 18.7 Å². The van der Waals surface area contributed by atoms with E-state index in [2.05, 4.69) is 30.5 Å². The lowest BCUT2D eigenvalue weighted by Gasteiger charge is -2.08. The highest BCUT2D eigenvalue weighted by Gasteiger charge is 1.91. The Morgan fingerprint density at radius 1 is 1.55 bits per heavy atom. The summed E-state index contributed by atoms with van der Waals surface area (Å²) in [6.45, 7) is 3.20. The van der Waals surface area contributed by atoms with E-state index in [1.54, 1.807) is 12.5 Å². The van der Waals surface area contributed by atoms with Gasteiger partial charge in [-0.25, -0.2) is 4.98 Å². The van der Waals surface area contributed by atoms with Gasteiger partial charge in [-0.15, -0.1) is 0 Å². The summed E-state index contributed by atoms with van der Waals surface area (Å²) in [5.41, 5.74) is 0. The average Bonchev–Trinajstić information content (AvgIpc) is 2.39. The van der Waals surface area contributed by atoms with Crippen molar-refractivity contribution in [3.63, 3.8) is 0 Å². The van der Waals surface area contributed by atoms with E-state index >= 15 is 0 Å². The van der Waals surface area contributed by atoms with Crippen molar-refractivity contribution in [2.45, 2.75) is 6.42 Å². The molecule has 1 heterocycles. The van der Waals surface area contributed by atoms with Crippen molar-refractivity contribution in [1.29, 1.82) is 0 Å². The maximum atomic E-state index is 3.94. The molecule has 1 aromatic heterocycles. The maximum absolute atomic E-state index is 3.94. The molecule has 61 valence electrons. The lowest BCUT2D eigenvalue weighted by atomic mass is 10.4. The molecule has 1 rings (SSSR count). The summed E-state index contributed by atoms with van der Waals surface area (Å²) in [7, 11) is 4.14. The van der Waals surface area contributed by atoms with E-state index in [1.807, 2.05) is 10.8 Å². The molecular weight excluding hydrogens is 138 g/mol. The number of hydrogen-bond acceptors (Lipinski definition) is 2. The standard InChI is InChI=1S/C8H14N3/c1-10(2)5-3-6-11-7-4-9-8-11/h4,6-8H,3,5H2,1-2H3. The number of imidazole rings is 1. The molecule has 0 aliphatic heterocycles. The van der Waals surface area contributed by atoms with Crippen LogP contribution in [0.5, 0.6) is 0 Å². The van der Waals surface area contributed by atoms with E-state index in [-0.39, 0.29) is 0 Å². The molecule has 0 N–H and O–H groups in total. The Bertz CT molecular complexity index is 179. The van der Waals surface area contributed by atoms with Gasteiger partial charge in [-0.05, 0) is 27.1 Å². The van der Waals surface area contributed by atoms with Gasteiger partial charge >= 0.3 is 0 Å². The largest absolute Gasteiger partial charge is 0.332 e. The minimum Gasteiger partial charge on any atom is -0.332 e. The van der Waals surface area contributed by atoms with Crippen LogP contribution < -0.4 is 0 Å². The van der Waals surface area contributed by atoms with E-state index < -0.39 is 0 Å². The van der Waals surface area contributed by atoms with Gasteiger partial charge in [0.1, 0.15) is 0 Å². The Balaban J connectivity index is 2.14. The molecular formula is C8H14N3. The van der Waals surface area contributed by atoms with Crippen LogP contribution in [0.2, 0.25) is 0 Å². The molecule has 0 aliphatic rings. The first kappa shape index (κ1) is 8.27. The normalized spacial score (nSPS) is 10.8. The molecule has 0 spiro atoms. The molecule has 3 nitrogen and oxygen atoms in total. The molecule has 0 aromatic carbocycles. The Kier molecular flexibility index (Phi) is 3.11. The van der Waals surface area contributed by atoms with Crippen molar-refractivity contribution in [2.75, 3.05) is 20.6 Å². The summed E-state index contributed by atoms with van der Waals surface area (Å²) in [5.74, 6) is 0. The van der Waals surface area contributed by atoms with Gasteiger partial charge < -0.3 is 9.47 Å². The second kappa shape index (κ2) is 4.13. The van der Waals surface area contributed by atoms with E-state index in [9.17, 15) is 0 Å². The number of rotatable bonds is 4. The smallest absolute Gasteiger partial charge is 0.0949 e. The molecule has 0 unspecified atom stereocenters. The van der Waals surface area contributed by atoms with Crippen molar-refractivity contribution in [3.8, 4) is 0 Å². The zero-order valence-electron chi connectivity index (χ0n) is 7.07. The predicted molar refractivity (Wildman–Crippen MR) is 45.1 cm³/mol. The lowest BCUT2D eigenvalue weighted by molar-refractivity contribution is 0.408. The second-order valence-electron chi connectivity index (χ2n) is 2.78. The molecule has 0 bridgehead atoms. The number of hydrogen-bond donors (Lipinski definition) is 0. The molecule has 1 radical (unpaired) electrons. The van der Waals surface area contributed by atoms with Gasteiger partial charge in [-0.1, -0.05) is 0 Å². The third kappa shape index (κ3) is 3.18. The SMILES string of the molecule is CN(C)CC[CH]n1ccnc1. The molecule has 0 fully saturated rings. The van der Waals surface area contributed by atoms with E-state index in [0.717, 1.165) is 13.0 Å². The summed E-state index contributed by atoms with van der Waals surface area (Å²) >= 11 is 0. The summed E-state index contributed by atoms with van der Waals surface area (Å²) in [6, 6.07) is 0. The Hall–Kier alpha value is -0.830. The van der Waals surface area contributed by atoms with Crippen LogP contribution in [-0.2, 0) is 0 Å². The first-order chi connectivity index (χ1) is 5.29. The lowest BCUT2D eigenvalue weighted by Crippen LogP contribution is -2.13. The Morgan fingerprint density at radius 2 is 2.36 bits per heavy atom. The van der Waals surface area contributed by atoms with Gasteiger partial charge in [0, 0.05) is 12.4 Å². The van der Waals surface area contributed by atoms with Crippen molar-refractivity contribution >= 4 is 0 Å². The van der Waals surface area contributed by atoms with Crippen molar-refractivity contribution in [1.82, 2.24) is 14.5 Å². The number of aromatic nitrogens is 2. The van der Waals surface area contributed by atoms with Crippen LogP contribution in [0, 0.1) is 6.54 Å². The maximum Gasteiger partial charge on any atom is 0.0949 e. The molecule has 11 heavy (non-hydrogen) atoms. The zero-order valence-corrected chi connectivity index (χ0v) is 7.07. The quantitative estimate of drug-likeness (QED) is 0.637. The van der Waals surface area contributed by atoms with Crippen LogP contribution in [0.4, 0.5) is 0 Å². The summed E-state index contributed by atoms with van der Waals surface area (Å²) in [5, 5.41) is 0. The first-order valence-electron chi connectivity index (χ1n) is 3.74. The highest BCUT2D eigenvalue weighted by molar-refractivity contribution is 4.82. The van der Waals surface area contributed by atoms with Gasteiger partial charge in [0.15, 0.2) is 0 Å². The Labute approximate surface area is 67.7 Å². The minimum atomic E-state index is 1.06. The van der Waals surface area contributed by atoms with Crippen LogP contribution >= 0.6 is 0 Å². The fourth-order valence-electron chi connectivity index (χ4n) is 0.842. The Morgan fingerprint density at radius 3 is 2.91 bits per heavy atom. The van der Waals surface area contributed by atoms with E-state index in [1.165, 1.54) is 0 Å². The van der Waals surface area contributed by atoms with Crippen molar-refractivity contribution < 1.29 is 0 Å². The average molecular weight is 152 g/mol. The van der Waals surface area contributed by atoms with Gasteiger partial charge in [0.2, 0.25) is 0 Å². The second-order valence-corrected chi connectivity index (χ2v) is 2.78. The topological polar surface area (TPSA) is 21.1 Å².